The van der Waals surface area contributed by atoms with Crippen LogP contribution in [-0.4, -0.2) is 11.5 Å². The number of nitrogens with zero attached hydrogens (tertiary/aromatic N) is 1. The third kappa shape index (κ3) is 2.69. The summed E-state index contributed by atoms with van der Waals surface area (Å²) in [6, 6.07) is 10.6. The summed E-state index contributed by atoms with van der Waals surface area (Å²) in [6.45, 7) is 4.94. The Balaban J connectivity index is 2.44. The molecule has 1 heterocycles. The fourth-order valence-corrected chi connectivity index (χ4v) is 2.16. The van der Waals surface area contributed by atoms with Crippen LogP contribution < -0.4 is 5.32 Å². The number of aromatic nitrogens is 1. The number of fused-ring (bicyclic) bond motifs is 1. The fourth-order valence-electron chi connectivity index (χ4n) is 2.16. The summed E-state index contributed by atoms with van der Waals surface area (Å²) >= 11 is 0. The molecule has 0 saturated carbocycles. The van der Waals surface area contributed by atoms with E-state index in [9.17, 15) is 0 Å². The molecule has 2 rings (SSSR count). The maximum Gasteiger partial charge on any atom is 0.0705 e. The monoisotopic (exact) mass is 238 g/mol. The van der Waals surface area contributed by atoms with E-state index in [0.717, 1.165) is 18.5 Å². The van der Waals surface area contributed by atoms with Crippen molar-refractivity contribution in [1.82, 2.24) is 10.3 Å². The van der Waals surface area contributed by atoms with Gasteiger partial charge in [0, 0.05) is 24.0 Å². The van der Waals surface area contributed by atoms with Crippen molar-refractivity contribution in [3.05, 3.63) is 42.1 Å². The van der Waals surface area contributed by atoms with Crippen LogP contribution in [-0.2, 0) is 0 Å². The summed E-state index contributed by atoms with van der Waals surface area (Å²) < 4.78 is 0. The molecule has 0 saturated heterocycles. The molecule has 1 N–H and O–H groups in total. The van der Waals surface area contributed by atoms with Crippen molar-refractivity contribution in [2.24, 2.45) is 0 Å². The second kappa shape index (κ2) is 6.18. The van der Waals surface area contributed by atoms with Gasteiger partial charge in [0.2, 0.25) is 0 Å². The zero-order valence-electron chi connectivity index (χ0n) is 10.9. The smallest absolute Gasteiger partial charge is 0.0705 e. The average molecular weight is 238 g/mol. The van der Waals surface area contributed by atoms with Crippen LogP contribution in [0.4, 0.5) is 0 Å². The third-order valence-electron chi connectivity index (χ3n) is 2.99. The second-order valence-corrected chi connectivity index (χ2v) is 4.16. The normalized spacial score (nSPS) is 11.9. The van der Waals surface area contributed by atoms with E-state index in [-0.39, 0.29) is 6.04 Å². The molecule has 0 aliphatic rings. The molecule has 2 heteroatoms. The minimum absolute atomic E-state index is 0.273. The lowest BCUT2D eigenvalue weighted by Gasteiger charge is -2.17. The van der Waals surface area contributed by atoms with E-state index in [4.69, 9.17) is 0 Å². The molecule has 1 aromatic heterocycles. The zero-order chi connectivity index (χ0) is 12.8. The van der Waals surface area contributed by atoms with Crippen molar-refractivity contribution in [2.45, 2.75) is 26.3 Å². The molecule has 0 bridgehead atoms. The summed E-state index contributed by atoms with van der Waals surface area (Å²) in [5, 5.41) is 4.71. The highest BCUT2D eigenvalue weighted by atomic mass is 14.9. The van der Waals surface area contributed by atoms with Crippen LogP contribution in [0.25, 0.3) is 10.9 Å². The van der Waals surface area contributed by atoms with Crippen LogP contribution in [0.3, 0.4) is 0 Å². The molecular formula is C16H18N2. The second-order valence-electron chi connectivity index (χ2n) is 4.16. The lowest BCUT2D eigenvalue weighted by atomic mass is 9.99. The Bertz CT molecular complexity index is 573. The fraction of sp³-hybridized carbons (Fsp3) is 0.312. The van der Waals surface area contributed by atoms with E-state index in [2.05, 4.69) is 47.3 Å². The molecule has 0 spiro atoms. The summed E-state index contributed by atoms with van der Waals surface area (Å²) in [6.07, 6.45) is 2.71. The van der Waals surface area contributed by atoms with Gasteiger partial charge in [0.05, 0.1) is 5.52 Å². The summed E-state index contributed by atoms with van der Waals surface area (Å²) in [5.74, 6) is 6.13. The van der Waals surface area contributed by atoms with Gasteiger partial charge in [-0.05, 0) is 31.2 Å². The molecule has 0 aliphatic heterocycles. The number of hydrogen-bond donors (Lipinski definition) is 1. The lowest BCUT2D eigenvalue weighted by Crippen LogP contribution is -2.20. The van der Waals surface area contributed by atoms with Crippen LogP contribution in [0.5, 0.6) is 0 Å². The van der Waals surface area contributed by atoms with Crippen molar-refractivity contribution in [2.75, 3.05) is 6.54 Å². The van der Waals surface area contributed by atoms with Gasteiger partial charge in [0.1, 0.15) is 0 Å². The molecule has 0 aliphatic carbocycles. The SMILES string of the molecule is CC#CCC(NCC)c1ccnc2ccccc12. The van der Waals surface area contributed by atoms with Crippen LogP contribution in [0.2, 0.25) is 0 Å². The molecule has 2 aromatic rings. The van der Waals surface area contributed by atoms with Gasteiger partial charge in [-0.3, -0.25) is 4.98 Å². The maximum atomic E-state index is 4.40. The van der Waals surface area contributed by atoms with E-state index < -0.39 is 0 Å². The molecule has 92 valence electrons. The van der Waals surface area contributed by atoms with E-state index in [0.29, 0.717) is 0 Å². The first kappa shape index (κ1) is 12.6. The van der Waals surface area contributed by atoms with Crippen LogP contribution in [0.15, 0.2) is 36.5 Å². The Kier molecular flexibility index (Phi) is 4.33. The first-order valence-corrected chi connectivity index (χ1v) is 6.33. The largest absolute Gasteiger partial charge is 0.309 e. The molecule has 18 heavy (non-hydrogen) atoms. The Morgan fingerprint density at radius 2 is 2.11 bits per heavy atom. The zero-order valence-corrected chi connectivity index (χ0v) is 10.9. The quantitative estimate of drug-likeness (QED) is 0.827. The number of hydrogen-bond acceptors (Lipinski definition) is 2. The summed E-state index contributed by atoms with van der Waals surface area (Å²) in [5.41, 5.74) is 2.33. The van der Waals surface area contributed by atoms with Crippen molar-refractivity contribution in [1.29, 1.82) is 0 Å². The summed E-state index contributed by atoms with van der Waals surface area (Å²) in [7, 11) is 0. The topological polar surface area (TPSA) is 24.9 Å². The van der Waals surface area contributed by atoms with Gasteiger partial charge in [-0.1, -0.05) is 25.1 Å². The Hall–Kier alpha value is -1.85. The van der Waals surface area contributed by atoms with Gasteiger partial charge in [-0.2, -0.15) is 0 Å². The third-order valence-corrected chi connectivity index (χ3v) is 2.99. The van der Waals surface area contributed by atoms with Crippen LogP contribution in [0.1, 0.15) is 31.9 Å². The molecule has 0 fully saturated rings. The number of para-hydroxylation sites is 1. The van der Waals surface area contributed by atoms with Crippen LogP contribution >= 0.6 is 0 Å². The predicted molar refractivity (Wildman–Crippen MR) is 76.2 cm³/mol. The molecule has 0 radical (unpaired) electrons. The summed E-state index contributed by atoms with van der Waals surface area (Å²) in [4.78, 5) is 4.40. The number of nitrogens with one attached hydrogen (secondary N) is 1. The van der Waals surface area contributed by atoms with Crippen molar-refractivity contribution >= 4 is 10.9 Å². The molecule has 1 unspecified atom stereocenters. The standard InChI is InChI=1S/C16H18N2/c1-3-5-9-15(17-4-2)14-11-12-18-16-10-7-6-8-13(14)16/h6-8,10-12,15,17H,4,9H2,1-2H3. The van der Waals surface area contributed by atoms with Gasteiger partial charge < -0.3 is 5.32 Å². The average Bonchev–Trinajstić information content (AvgIpc) is 2.43. The Morgan fingerprint density at radius 1 is 1.28 bits per heavy atom. The van der Waals surface area contributed by atoms with Gasteiger partial charge >= 0.3 is 0 Å². The van der Waals surface area contributed by atoms with Gasteiger partial charge in [0.25, 0.3) is 0 Å². The van der Waals surface area contributed by atoms with E-state index >= 15 is 0 Å². The lowest BCUT2D eigenvalue weighted by molar-refractivity contribution is 0.568. The van der Waals surface area contributed by atoms with Crippen molar-refractivity contribution in [3.8, 4) is 11.8 Å². The van der Waals surface area contributed by atoms with Gasteiger partial charge in [-0.15, -0.1) is 11.8 Å². The Labute approximate surface area is 108 Å². The minimum atomic E-state index is 0.273. The number of pyridine rings is 1. The molecule has 0 amide bonds. The Morgan fingerprint density at radius 3 is 2.89 bits per heavy atom. The molecule has 1 atom stereocenters. The number of benzene rings is 1. The highest BCUT2D eigenvalue weighted by Crippen LogP contribution is 2.24. The molecular weight excluding hydrogens is 220 g/mol. The predicted octanol–water partition coefficient (Wildman–Crippen LogP) is 3.30. The minimum Gasteiger partial charge on any atom is -0.309 e. The van der Waals surface area contributed by atoms with Crippen molar-refractivity contribution in [3.63, 3.8) is 0 Å². The first-order chi connectivity index (χ1) is 8.86. The van der Waals surface area contributed by atoms with Crippen molar-refractivity contribution < 1.29 is 0 Å². The molecule has 1 aromatic carbocycles. The highest BCUT2D eigenvalue weighted by molar-refractivity contribution is 5.82. The van der Waals surface area contributed by atoms with E-state index in [1.165, 1.54) is 10.9 Å². The van der Waals surface area contributed by atoms with Gasteiger partial charge in [-0.25, -0.2) is 0 Å². The van der Waals surface area contributed by atoms with Gasteiger partial charge in [0.15, 0.2) is 0 Å². The van der Waals surface area contributed by atoms with Crippen LogP contribution in [0, 0.1) is 11.8 Å². The van der Waals surface area contributed by atoms with E-state index in [1.807, 2.05) is 25.3 Å². The highest BCUT2D eigenvalue weighted by Gasteiger charge is 2.12. The number of rotatable bonds is 4. The maximum absolute atomic E-state index is 4.40. The molecule has 2 nitrogen and oxygen atoms in total. The van der Waals surface area contributed by atoms with E-state index in [1.54, 1.807) is 0 Å². The first-order valence-electron chi connectivity index (χ1n) is 6.33.